The highest BCUT2D eigenvalue weighted by Crippen LogP contribution is 2.31. The first-order chi connectivity index (χ1) is 16.3. The lowest BCUT2D eigenvalue weighted by Crippen LogP contribution is -2.53. The molecule has 2 aliphatic rings. The Labute approximate surface area is 199 Å². The van der Waals surface area contributed by atoms with E-state index in [1.807, 2.05) is 0 Å². The van der Waals surface area contributed by atoms with Gasteiger partial charge in [0, 0.05) is 51.3 Å². The van der Waals surface area contributed by atoms with Crippen molar-refractivity contribution in [3.05, 3.63) is 42.4 Å². The van der Waals surface area contributed by atoms with Crippen LogP contribution in [0.25, 0.3) is 0 Å². The van der Waals surface area contributed by atoms with E-state index in [0.717, 1.165) is 0 Å². The van der Waals surface area contributed by atoms with Crippen LogP contribution in [0.3, 0.4) is 0 Å². The van der Waals surface area contributed by atoms with Gasteiger partial charge in [0.1, 0.15) is 16.4 Å². The minimum atomic E-state index is -3.81. The topological polar surface area (TPSA) is 110 Å². The maximum atomic E-state index is 13.3. The zero-order valence-electron chi connectivity index (χ0n) is 19.3. The Morgan fingerprint density at radius 1 is 0.941 bits per heavy atom. The monoisotopic (exact) mass is 491 g/mol. The van der Waals surface area contributed by atoms with Crippen LogP contribution in [0.2, 0.25) is 0 Å². The summed E-state index contributed by atoms with van der Waals surface area (Å²) in [4.78, 5) is 29.0. The molecule has 0 saturated carbocycles. The fourth-order valence-electron chi connectivity index (χ4n) is 4.42. The molecule has 2 aromatic rings. The number of amides is 2. The quantitative estimate of drug-likeness (QED) is 0.605. The molecular weight excluding hydrogens is 462 g/mol. The molecule has 1 aromatic heterocycles. The van der Waals surface area contributed by atoms with Crippen molar-refractivity contribution in [1.29, 1.82) is 0 Å². The molecule has 0 unspecified atom stereocenters. The van der Waals surface area contributed by atoms with Crippen molar-refractivity contribution in [2.45, 2.75) is 17.7 Å². The first kappa shape index (κ1) is 24.1. The first-order valence-electron chi connectivity index (χ1n) is 11.2. The third-order valence-electron chi connectivity index (χ3n) is 6.40. The van der Waals surface area contributed by atoms with Crippen LogP contribution < -0.4 is 9.47 Å². The van der Waals surface area contributed by atoms with E-state index in [4.69, 9.17) is 13.9 Å². The van der Waals surface area contributed by atoms with E-state index in [-0.39, 0.29) is 41.5 Å². The zero-order valence-corrected chi connectivity index (χ0v) is 20.1. The fourth-order valence-corrected chi connectivity index (χ4v) is 6.01. The Morgan fingerprint density at radius 3 is 2.24 bits per heavy atom. The van der Waals surface area contributed by atoms with Crippen LogP contribution in [0.5, 0.6) is 11.5 Å². The SMILES string of the molecule is COc1ccc(OC)c(S(=O)(=O)N2CCN(C(=O)C3CCN(C(=O)c4ccco4)CC3)CC2)c1. The van der Waals surface area contributed by atoms with Crippen LogP contribution >= 0.6 is 0 Å². The van der Waals surface area contributed by atoms with Crippen LogP contribution in [0, 0.1) is 5.92 Å². The third-order valence-corrected chi connectivity index (χ3v) is 8.32. The second-order valence-corrected chi connectivity index (χ2v) is 10.2. The number of methoxy groups -OCH3 is 2. The first-order valence-corrected chi connectivity index (χ1v) is 12.6. The van der Waals surface area contributed by atoms with E-state index >= 15 is 0 Å². The second-order valence-electron chi connectivity index (χ2n) is 8.29. The van der Waals surface area contributed by atoms with Gasteiger partial charge in [-0.3, -0.25) is 9.59 Å². The molecular formula is C23H29N3O7S. The smallest absolute Gasteiger partial charge is 0.289 e. The molecule has 11 heteroatoms. The number of piperidine rings is 1. The highest BCUT2D eigenvalue weighted by molar-refractivity contribution is 7.89. The zero-order chi connectivity index (χ0) is 24.3. The van der Waals surface area contributed by atoms with Crippen molar-refractivity contribution in [3.63, 3.8) is 0 Å². The number of furan rings is 1. The van der Waals surface area contributed by atoms with Crippen molar-refractivity contribution in [2.75, 3.05) is 53.5 Å². The van der Waals surface area contributed by atoms with Gasteiger partial charge in [-0.25, -0.2) is 8.42 Å². The number of hydrogen-bond donors (Lipinski definition) is 0. The predicted octanol–water partition coefficient (Wildman–Crippen LogP) is 1.68. The molecule has 184 valence electrons. The Morgan fingerprint density at radius 2 is 1.65 bits per heavy atom. The maximum Gasteiger partial charge on any atom is 0.289 e. The van der Waals surface area contributed by atoms with Crippen LogP contribution in [0.1, 0.15) is 23.4 Å². The minimum absolute atomic E-state index is 0.0149. The summed E-state index contributed by atoms with van der Waals surface area (Å²) in [6.45, 7) is 2.00. The molecule has 0 N–H and O–H groups in total. The highest BCUT2D eigenvalue weighted by Gasteiger charge is 2.36. The Hall–Kier alpha value is -3.05. The Kier molecular flexibility index (Phi) is 7.13. The van der Waals surface area contributed by atoms with Crippen LogP contribution in [0.4, 0.5) is 0 Å². The molecule has 2 aliphatic heterocycles. The summed E-state index contributed by atoms with van der Waals surface area (Å²) in [5, 5.41) is 0. The summed E-state index contributed by atoms with van der Waals surface area (Å²) in [5.41, 5.74) is 0. The summed E-state index contributed by atoms with van der Waals surface area (Å²) in [5.74, 6) is 0.640. The standard InChI is InChI=1S/C23H29N3O7S/c1-31-18-5-6-19(32-2)21(16-18)34(29,30)26-13-11-25(12-14-26)22(27)17-7-9-24(10-8-17)23(28)20-4-3-15-33-20/h3-6,15-17H,7-14H2,1-2H3. The summed E-state index contributed by atoms with van der Waals surface area (Å²) in [7, 11) is -0.919. The molecule has 34 heavy (non-hydrogen) atoms. The van der Waals surface area contributed by atoms with Gasteiger partial charge in [-0.05, 0) is 37.1 Å². The van der Waals surface area contributed by atoms with E-state index in [1.165, 1.54) is 30.9 Å². The number of hydrogen-bond acceptors (Lipinski definition) is 7. The lowest BCUT2D eigenvalue weighted by atomic mass is 9.95. The summed E-state index contributed by atoms with van der Waals surface area (Å²) in [6, 6.07) is 7.96. The van der Waals surface area contributed by atoms with E-state index in [0.29, 0.717) is 50.5 Å². The Balaban J connectivity index is 1.34. The van der Waals surface area contributed by atoms with Crippen molar-refractivity contribution >= 4 is 21.8 Å². The molecule has 0 aliphatic carbocycles. The summed E-state index contributed by atoms with van der Waals surface area (Å²) < 4.78 is 43.5. The van der Waals surface area contributed by atoms with Crippen molar-refractivity contribution in [2.24, 2.45) is 5.92 Å². The molecule has 0 atom stereocenters. The van der Waals surface area contributed by atoms with E-state index in [9.17, 15) is 18.0 Å². The van der Waals surface area contributed by atoms with E-state index in [1.54, 1.807) is 34.1 Å². The van der Waals surface area contributed by atoms with Gasteiger partial charge in [0.2, 0.25) is 15.9 Å². The molecule has 2 amide bonds. The molecule has 2 fully saturated rings. The van der Waals surface area contributed by atoms with E-state index < -0.39 is 10.0 Å². The van der Waals surface area contributed by atoms with Crippen LogP contribution in [-0.4, -0.2) is 87.8 Å². The molecule has 0 spiro atoms. The molecule has 0 radical (unpaired) electrons. The summed E-state index contributed by atoms with van der Waals surface area (Å²) in [6.07, 6.45) is 2.61. The lowest BCUT2D eigenvalue weighted by Gasteiger charge is -2.38. The number of carbonyl (C=O) groups is 2. The van der Waals surface area contributed by atoms with Crippen LogP contribution in [0.15, 0.2) is 45.9 Å². The largest absolute Gasteiger partial charge is 0.497 e. The number of ether oxygens (including phenoxy) is 2. The molecule has 1 aromatic carbocycles. The number of rotatable bonds is 6. The number of likely N-dealkylation sites (tertiary alicyclic amines) is 1. The number of piperazine rings is 1. The molecule has 2 saturated heterocycles. The number of benzene rings is 1. The van der Waals surface area contributed by atoms with Gasteiger partial charge >= 0.3 is 0 Å². The van der Waals surface area contributed by atoms with Crippen LogP contribution in [-0.2, 0) is 14.8 Å². The fraction of sp³-hybridized carbons (Fsp3) is 0.478. The van der Waals surface area contributed by atoms with Crippen molar-refractivity contribution in [1.82, 2.24) is 14.1 Å². The van der Waals surface area contributed by atoms with Gasteiger partial charge in [-0.15, -0.1) is 0 Å². The second kappa shape index (κ2) is 10.1. The van der Waals surface area contributed by atoms with Gasteiger partial charge < -0.3 is 23.7 Å². The number of carbonyl (C=O) groups excluding carboxylic acids is 2. The molecule has 4 rings (SSSR count). The maximum absolute atomic E-state index is 13.3. The summed E-state index contributed by atoms with van der Waals surface area (Å²) >= 11 is 0. The van der Waals surface area contributed by atoms with E-state index in [2.05, 4.69) is 0 Å². The van der Waals surface area contributed by atoms with Crippen molar-refractivity contribution < 1.29 is 31.9 Å². The number of sulfonamides is 1. The molecule has 10 nitrogen and oxygen atoms in total. The predicted molar refractivity (Wildman–Crippen MR) is 122 cm³/mol. The van der Waals surface area contributed by atoms with Gasteiger partial charge in [0.15, 0.2) is 5.76 Å². The van der Waals surface area contributed by atoms with Crippen molar-refractivity contribution in [3.8, 4) is 11.5 Å². The van der Waals surface area contributed by atoms with Gasteiger partial charge in [-0.2, -0.15) is 4.31 Å². The number of nitrogens with zero attached hydrogens (tertiary/aromatic N) is 3. The molecule has 0 bridgehead atoms. The average Bonchev–Trinajstić information content (AvgIpc) is 3.42. The average molecular weight is 492 g/mol. The lowest BCUT2D eigenvalue weighted by molar-refractivity contribution is -0.138. The van der Waals surface area contributed by atoms with Gasteiger partial charge in [0.05, 0.1) is 20.5 Å². The normalized spacial score (nSPS) is 18.1. The Bertz CT molecular complexity index is 1120. The minimum Gasteiger partial charge on any atom is -0.497 e. The molecule has 3 heterocycles. The third kappa shape index (κ3) is 4.76. The highest BCUT2D eigenvalue weighted by atomic mass is 32.2. The van der Waals surface area contributed by atoms with Gasteiger partial charge in [0.25, 0.3) is 5.91 Å². The van der Waals surface area contributed by atoms with Gasteiger partial charge in [-0.1, -0.05) is 0 Å².